The standard InChI is InChI=1S/C14H20O3S/c1-11-7-8-14(10-12(11)2)18(16,17)9-5-4-6-13(3)15/h7-8,10H,4-6,9H2,1-3H3. The minimum atomic E-state index is -3.21. The highest BCUT2D eigenvalue weighted by molar-refractivity contribution is 7.91. The van der Waals surface area contributed by atoms with Gasteiger partial charge in [-0.1, -0.05) is 6.07 Å². The van der Waals surface area contributed by atoms with Gasteiger partial charge in [0.25, 0.3) is 0 Å². The Hall–Kier alpha value is -1.16. The highest BCUT2D eigenvalue weighted by Crippen LogP contribution is 2.17. The molecule has 0 amide bonds. The minimum absolute atomic E-state index is 0.110. The van der Waals surface area contributed by atoms with E-state index in [1.807, 2.05) is 19.9 Å². The number of Topliss-reactive ketones (excluding diaryl/α,β-unsaturated/α-hetero) is 1. The van der Waals surface area contributed by atoms with Crippen LogP contribution in [0.1, 0.15) is 37.3 Å². The monoisotopic (exact) mass is 268 g/mol. The van der Waals surface area contributed by atoms with Gasteiger partial charge >= 0.3 is 0 Å². The van der Waals surface area contributed by atoms with E-state index >= 15 is 0 Å². The van der Waals surface area contributed by atoms with E-state index in [1.54, 1.807) is 12.1 Å². The Labute approximate surface area is 109 Å². The quantitative estimate of drug-likeness (QED) is 0.745. The van der Waals surface area contributed by atoms with Crippen molar-refractivity contribution in [2.75, 3.05) is 5.75 Å². The third-order valence-corrected chi connectivity index (χ3v) is 4.83. The summed E-state index contributed by atoms with van der Waals surface area (Å²) in [4.78, 5) is 11.2. The molecule has 0 atom stereocenters. The van der Waals surface area contributed by atoms with Crippen LogP contribution in [0.3, 0.4) is 0 Å². The van der Waals surface area contributed by atoms with Crippen molar-refractivity contribution in [2.24, 2.45) is 0 Å². The lowest BCUT2D eigenvalue weighted by atomic mass is 10.1. The number of hydrogen-bond acceptors (Lipinski definition) is 3. The first-order valence-corrected chi connectivity index (χ1v) is 7.77. The van der Waals surface area contributed by atoms with Crippen LogP contribution in [0.4, 0.5) is 0 Å². The summed E-state index contributed by atoms with van der Waals surface area (Å²) in [7, 11) is -3.21. The molecule has 0 saturated carbocycles. The third-order valence-electron chi connectivity index (χ3n) is 3.03. The highest BCUT2D eigenvalue weighted by Gasteiger charge is 2.14. The number of aryl methyl sites for hydroxylation is 2. The molecule has 0 spiro atoms. The molecule has 0 aliphatic rings. The van der Waals surface area contributed by atoms with Crippen molar-refractivity contribution in [1.29, 1.82) is 0 Å². The Bertz CT molecular complexity index is 530. The summed E-state index contributed by atoms with van der Waals surface area (Å²) >= 11 is 0. The molecular formula is C14H20O3S. The van der Waals surface area contributed by atoms with Gasteiger partial charge in [0.1, 0.15) is 5.78 Å². The smallest absolute Gasteiger partial charge is 0.178 e. The average Bonchev–Trinajstić information content (AvgIpc) is 2.28. The Morgan fingerprint density at radius 3 is 2.33 bits per heavy atom. The molecule has 0 aromatic heterocycles. The van der Waals surface area contributed by atoms with Crippen LogP contribution in [-0.2, 0) is 14.6 Å². The SMILES string of the molecule is CC(=O)CCCCS(=O)(=O)c1ccc(C)c(C)c1. The summed E-state index contributed by atoms with van der Waals surface area (Å²) < 4.78 is 24.1. The molecule has 0 aliphatic heterocycles. The summed E-state index contributed by atoms with van der Waals surface area (Å²) in [6.07, 6.45) is 1.64. The van der Waals surface area contributed by atoms with Gasteiger partial charge in [-0.3, -0.25) is 0 Å². The predicted octanol–water partition coefficient (Wildman–Crippen LogP) is 2.84. The molecule has 0 N–H and O–H groups in total. The Morgan fingerprint density at radius 1 is 1.11 bits per heavy atom. The molecule has 0 fully saturated rings. The zero-order chi connectivity index (χ0) is 13.8. The van der Waals surface area contributed by atoms with Crippen molar-refractivity contribution >= 4 is 15.6 Å². The molecule has 100 valence electrons. The number of carbonyl (C=O) groups is 1. The van der Waals surface area contributed by atoms with Crippen LogP contribution in [0, 0.1) is 13.8 Å². The first-order valence-electron chi connectivity index (χ1n) is 6.12. The van der Waals surface area contributed by atoms with Crippen molar-refractivity contribution < 1.29 is 13.2 Å². The topological polar surface area (TPSA) is 51.2 Å². The largest absolute Gasteiger partial charge is 0.300 e. The van der Waals surface area contributed by atoms with Crippen molar-refractivity contribution in [3.05, 3.63) is 29.3 Å². The lowest BCUT2D eigenvalue weighted by molar-refractivity contribution is -0.117. The fourth-order valence-electron chi connectivity index (χ4n) is 1.69. The van der Waals surface area contributed by atoms with Gasteiger partial charge in [-0.25, -0.2) is 8.42 Å². The molecule has 1 rings (SSSR count). The molecule has 0 bridgehead atoms. The van der Waals surface area contributed by atoms with Gasteiger partial charge in [-0.05, 0) is 56.9 Å². The Balaban J connectivity index is 2.68. The molecule has 1 aromatic rings. The minimum Gasteiger partial charge on any atom is -0.300 e. The number of benzene rings is 1. The molecule has 0 unspecified atom stereocenters. The zero-order valence-corrected chi connectivity index (χ0v) is 12.0. The summed E-state index contributed by atoms with van der Waals surface area (Å²) in [6, 6.07) is 5.20. The number of rotatable bonds is 6. The molecule has 4 heteroatoms. The summed E-state index contributed by atoms with van der Waals surface area (Å²) in [5.74, 6) is 0.224. The van der Waals surface area contributed by atoms with Crippen LogP contribution < -0.4 is 0 Å². The van der Waals surface area contributed by atoms with E-state index in [2.05, 4.69) is 0 Å². The van der Waals surface area contributed by atoms with Crippen molar-refractivity contribution in [1.82, 2.24) is 0 Å². The van der Waals surface area contributed by atoms with E-state index in [-0.39, 0.29) is 11.5 Å². The fourth-order valence-corrected chi connectivity index (χ4v) is 3.14. The van der Waals surface area contributed by atoms with Crippen molar-refractivity contribution in [3.8, 4) is 0 Å². The number of ketones is 1. The van der Waals surface area contributed by atoms with Crippen LogP contribution in [0.5, 0.6) is 0 Å². The molecule has 0 heterocycles. The summed E-state index contributed by atoms with van der Waals surface area (Å²) in [5.41, 5.74) is 2.07. The maximum Gasteiger partial charge on any atom is 0.178 e. The highest BCUT2D eigenvalue weighted by atomic mass is 32.2. The maximum atomic E-state index is 12.1. The number of hydrogen-bond donors (Lipinski definition) is 0. The van der Waals surface area contributed by atoms with Gasteiger partial charge in [0.15, 0.2) is 9.84 Å². The van der Waals surface area contributed by atoms with Crippen molar-refractivity contribution in [2.45, 2.75) is 44.9 Å². The Morgan fingerprint density at radius 2 is 1.78 bits per heavy atom. The summed E-state index contributed by atoms with van der Waals surface area (Å²) in [5, 5.41) is 0. The first kappa shape index (κ1) is 14.9. The lowest BCUT2D eigenvalue weighted by Crippen LogP contribution is -2.07. The van der Waals surface area contributed by atoms with Crippen LogP contribution in [0.25, 0.3) is 0 Å². The van der Waals surface area contributed by atoms with E-state index in [0.29, 0.717) is 24.2 Å². The molecule has 0 aliphatic carbocycles. The van der Waals surface area contributed by atoms with Crippen LogP contribution in [-0.4, -0.2) is 20.0 Å². The van der Waals surface area contributed by atoms with Gasteiger partial charge in [0.2, 0.25) is 0 Å². The predicted molar refractivity (Wildman–Crippen MR) is 72.5 cm³/mol. The van der Waals surface area contributed by atoms with Gasteiger partial charge in [0, 0.05) is 6.42 Å². The molecule has 0 radical (unpaired) electrons. The van der Waals surface area contributed by atoms with E-state index in [9.17, 15) is 13.2 Å². The summed E-state index contributed by atoms with van der Waals surface area (Å²) in [6.45, 7) is 5.39. The average molecular weight is 268 g/mol. The second-order valence-electron chi connectivity index (χ2n) is 4.72. The van der Waals surface area contributed by atoms with Crippen LogP contribution in [0.15, 0.2) is 23.1 Å². The van der Waals surface area contributed by atoms with Gasteiger partial charge in [-0.15, -0.1) is 0 Å². The molecular weight excluding hydrogens is 248 g/mol. The van der Waals surface area contributed by atoms with E-state index in [4.69, 9.17) is 0 Å². The molecule has 18 heavy (non-hydrogen) atoms. The number of unbranched alkanes of at least 4 members (excludes halogenated alkanes) is 1. The zero-order valence-electron chi connectivity index (χ0n) is 11.2. The lowest BCUT2D eigenvalue weighted by Gasteiger charge is -2.06. The van der Waals surface area contributed by atoms with Gasteiger partial charge in [0.05, 0.1) is 10.6 Å². The van der Waals surface area contributed by atoms with Gasteiger partial charge in [-0.2, -0.15) is 0 Å². The first-order chi connectivity index (χ1) is 8.33. The maximum absolute atomic E-state index is 12.1. The number of sulfone groups is 1. The van der Waals surface area contributed by atoms with Crippen LogP contribution >= 0.6 is 0 Å². The van der Waals surface area contributed by atoms with E-state index < -0.39 is 9.84 Å². The third kappa shape index (κ3) is 4.26. The fraction of sp³-hybridized carbons (Fsp3) is 0.500. The van der Waals surface area contributed by atoms with Gasteiger partial charge < -0.3 is 4.79 Å². The van der Waals surface area contributed by atoms with Crippen molar-refractivity contribution in [3.63, 3.8) is 0 Å². The molecule has 1 aromatic carbocycles. The van der Waals surface area contributed by atoms with E-state index in [0.717, 1.165) is 11.1 Å². The van der Waals surface area contributed by atoms with Crippen LogP contribution in [0.2, 0.25) is 0 Å². The molecule has 0 saturated heterocycles. The normalized spacial score (nSPS) is 11.5. The second-order valence-corrected chi connectivity index (χ2v) is 6.83. The molecule has 3 nitrogen and oxygen atoms in total. The van der Waals surface area contributed by atoms with E-state index in [1.165, 1.54) is 6.92 Å². The Kier molecular flexibility index (Phi) is 5.08. The number of carbonyl (C=O) groups excluding carboxylic acids is 1. The second kappa shape index (κ2) is 6.14.